The molecule has 0 atom stereocenters. The zero-order chi connectivity index (χ0) is 21.8. The molecule has 1 aromatic carbocycles. The second kappa shape index (κ2) is 9.50. The van der Waals surface area contributed by atoms with E-state index in [4.69, 9.17) is 12.8 Å². The number of fused-ring (bicyclic) bond motifs is 2. The molecule has 1 aliphatic heterocycles. The van der Waals surface area contributed by atoms with Crippen molar-refractivity contribution in [1.29, 1.82) is 0 Å². The maximum atomic E-state index is 11.8. The topological polar surface area (TPSA) is 70.8 Å². The van der Waals surface area contributed by atoms with Crippen LogP contribution in [0.2, 0.25) is 0 Å². The molecule has 7 heteroatoms. The van der Waals surface area contributed by atoms with Gasteiger partial charge in [-0.05, 0) is 58.0 Å². The van der Waals surface area contributed by atoms with Crippen LogP contribution in [-0.4, -0.2) is 45.0 Å². The van der Waals surface area contributed by atoms with Crippen LogP contribution in [0.25, 0.3) is 16.5 Å². The van der Waals surface area contributed by atoms with Gasteiger partial charge >= 0.3 is 17.2 Å². The zero-order valence-corrected chi connectivity index (χ0v) is 18.9. The summed E-state index contributed by atoms with van der Waals surface area (Å²) in [6.45, 7) is 16.9. The number of hydrogen-bond acceptors (Lipinski definition) is 6. The van der Waals surface area contributed by atoms with Crippen LogP contribution >= 0.6 is 0 Å². The SMILES string of the molecule is CCN(CC)CC1=CC(C)(C)N(CC)c2cc3oc(=O)cc(C)c3cc21.O=S=O. The summed E-state index contributed by atoms with van der Waals surface area (Å²) in [5.41, 5.74) is 5.03. The van der Waals surface area contributed by atoms with E-state index in [1.54, 1.807) is 6.07 Å². The van der Waals surface area contributed by atoms with Gasteiger partial charge in [-0.15, -0.1) is 0 Å². The molecule has 0 amide bonds. The number of anilines is 1. The van der Waals surface area contributed by atoms with Crippen LogP contribution in [0.15, 0.2) is 33.5 Å². The third-order valence-electron chi connectivity index (χ3n) is 5.53. The molecule has 1 aromatic heterocycles. The van der Waals surface area contributed by atoms with E-state index >= 15 is 0 Å². The third-order valence-corrected chi connectivity index (χ3v) is 5.53. The first kappa shape index (κ1) is 23.0. The molecule has 2 heterocycles. The highest BCUT2D eigenvalue weighted by atomic mass is 32.1. The van der Waals surface area contributed by atoms with E-state index in [0.717, 1.165) is 42.8 Å². The molecule has 0 saturated heterocycles. The first-order chi connectivity index (χ1) is 13.7. The standard InChI is InChI=1S/C22H30N2O2.O2S/c1-7-23(8-2)14-16-13-22(5,6)24(9-3)19-12-20-17(11-18(16)19)15(4)10-21(25)26-20;1-3-2/h10-13H,7-9,14H2,1-6H3;. The quantitative estimate of drug-likeness (QED) is 0.689. The first-order valence-electron chi connectivity index (χ1n) is 9.94. The van der Waals surface area contributed by atoms with Gasteiger partial charge in [0, 0.05) is 41.9 Å². The lowest BCUT2D eigenvalue weighted by Gasteiger charge is -2.43. The van der Waals surface area contributed by atoms with Crippen LogP contribution in [0, 0.1) is 6.92 Å². The molecule has 0 N–H and O–H groups in total. The van der Waals surface area contributed by atoms with E-state index in [1.807, 2.05) is 6.92 Å². The normalized spacial score (nSPS) is 14.9. The van der Waals surface area contributed by atoms with Crippen LogP contribution in [0.3, 0.4) is 0 Å². The van der Waals surface area contributed by atoms with Crippen molar-refractivity contribution in [2.75, 3.05) is 31.1 Å². The second-order valence-corrected chi connectivity index (χ2v) is 7.85. The van der Waals surface area contributed by atoms with Crippen molar-refractivity contribution in [2.45, 2.75) is 47.1 Å². The van der Waals surface area contributed by atoms with Gasteiger partial charge in [-0.2, -0.15) is 8.42 Å². The Hall–Kier alpha value is -2.25. The molecule has 6 nitrogen and oxygen atoms in total. The fourth-order valence-electron chi connectivity index (χ4n) is 4.12. The molecule has 29 heavy (non-hydrogen) atoms. The molecule has 158 valence electrons. The Balaban J connectivity index is 0.000000941. The lowest BCUT2D eigenvalue weighted by Crippen LogP contribution is -2.45. The lowest BCUT2D eigenvalue weighted by molar-refractivity contribution is 0.341. The van der Waals surface area contributed by atoms with E-state index in [-0.39, 0.29) is 11.2 Å². The summed E-state index contributed by atoms with van der Waals surface area (Å²) < 4.78 is 22.1. The fraction of sp³-hybridized carbons (Fsp3) is 0.500. The molecule has 0 aliphatic carbocycles. The molecular formula is C22H30N2O4S. The Kier molecular flexibility index (Phi) is 7.54. The van der Waals surface area contributed by atoms with Gasteiger partial charge in [-0.1, -0.05) is 19.9 Å². The Morgan fingerprint density at radius 3 is 2.28 bits per heavy atom. The Morgan fingerprint density at radius 2 is 1.72 bits per heavy atom. The number of rotatable bonds is 5. The predicted molar refractivity (Wildman–Crippen MR) is 119 cm³/mol. The van der Waals surface area contributed by atoms with E-state index < -0.39 is 11.6 Å². The average Bonchev–Trinajstić information content (AvgIpc) is 2.65. The molecule has 0 fully saturated rings. The molecule has 3 rings (SSSR count). The van der Waals surface area contributed by atoms with Gasteiger partial charge in [-0.25, -0.2) is 4.79 Å². The summed E-state index contributed by atoms with van der Waals surface area (Å²) in [7, 11) is 0. The van der Waals surface area contributed by atoms with Crippen molar-refractivity contribution in [1.82, 2.24) is 4.90 Å². The van der Waals surface area contributed by atoms with Crippen molar-refractivity contribution < 1.29 is 12.8 Å². The largest absolute Gasteiger partial charge is 0.423 e. The highest BCUT2D eigenvalue weighted by Crippen LogP contribution is 2.41. The molecule has 1 aliphatic rings. The summed E-state index contributed by atoms with van der Waals surface area (Å²) in [6.07, 6.45) is 2.40. The summed E-state index contributed by atoms with van der Waals surface area (Å²) in [6, 6.07) is 5.84. The van der Waals surface area contributed by atoms with Gasteiger partial charge in [-0.3, -0.25) is 4.90 Å². The van der Waals surface area contributed by atoms with Crippen molar-refractivity contribution in [3.05, 3.63) is 45.8 Å². The van der Waals surface area contributed by atoms with Gasteiger partial charge in [0.15, 0.2) is 0 Å². The van der Waals surface area contributed by atoms with Gasteiger partial charge in [0.25, 0.3) is 0 Å². The minimum atomic E-state index is -0.750. The van der Waals surface area contributed by atoms with E-state index in [9.17, 15) is 4.79 Å². The Morgan fingerprint density at radius 1 is 1.10 bits per heavy atom. The molecule has 0 radical (unpaired) electrons. The van der Waals surface area contributed by atoms with Gasteiger partial charge < -0.3 is 9.32 Å². The van der Waals surface area contributed by atoms with Crippen molar-refractivity contribution in [2.24, 2.45) is 0 Å². The Labute approximate surface area is 175 Å². The monoisotopic (exact) mass is 418 g/mol. The van der Waals surface area contributed by atoms with Crippen LogP contribution < -0.4 is 10.5 Å². The summed E-state index contributed by atoms with van der Waals surface area (Å²) in [5, 5.41) is 1.02. The minimum Gasteiger partial charge on any atom is -0.423 e. The summed E-state index contributed by atoms with van der Waals surface area (Å²) in [4.78, 5) is 16.7. The van der Waals surface area contributed by atoms with Crippen LogP contribution in [0.4, 0.5) is 5.69 Å². The van der Waals surface area contributed by atoms with Crippen LogP contribution in [0.1, 0.15) is 45.7 Å². The van der Waals surface area contributed by atoms with E-state index in [1.165, 1.54) is 11.1 Å². The maximum absolute atomic E-state index is 11.8. The fourth-order valence-corrected chi connectivity index (χ4v) is 4.12. The number of hydrogen-bond donors (Lipinski definition) is 0. The van der Waals surface area contributed by atoms with Crippen molar-refractivity contribution in [3.8, 4) is 0 Å². The molecule has 0 bridgehead atoms. The summed E-state index contributed by atoms with van der Waals surface area (Å²) in [5.74, 6) is 0. The Bertz CT molecular complexity index is 1000. The highest BCUT2D eigenvalue weighted by Gasteiger charge is 2.32. The second-order valence-electron chi connectivity index (χ2n) is 7.71. The van der Waals surface area contributed by atoms with Crippen LogP contribution in [-0.2, 0) is 11.6 Å². The van der Waals surface area contributed by atoms with E-state index in [0.29, 0.717) is 5.58 Å². The summed E-state index contributed by atoms with van der Waals surface area (Å²) >= 11 is -0.750. The number of aryl methyl sites for hydroxylation is 1. The molecule has 0 saturated carbocycles. The molecule has 2 aromatic rings. The average molecular weight is 419 g/mol. The molecular weight excluding hydrogens is 388 g/mol. The predicted octanol–water partition coefficient (Wildman–Crippen LogP) is 3.77. The van der Waals surface area contributed by atoms with Crippen molar-refractivity contribution in [3.63, 3.8) is 0 Å². The number of nitrogens with zero attached hydrogens (tertiary/aromatic N) is 2. The van der Waals surface area contributed by atoms with E-state index in [2.05, 4.69) is 62.6 Å². The number of likely N-dealkylation sites (N-methyl/N-ethyl adjacent to an activating group) is 2. The maximum Gasteiger partial charge on any atom is 0.336 e. The molecule has 0 spiro atoms. The third kappa shape index (κ3) is 4.85. The van der Waals surface area contributed by atoms with Crippen molar-refractivity contribution >= 4 is 33.8 Å². The smallest absolute Gasteiger partial charge is 0.336 e. The van der Waals surface area contributed by atoms with Gasteiger partial charge in [0.05, 0.1) is 5.54 Å². The highest BCUT2D eigenvalue weighted by molar-refractivity contribution is 7.51. The van der Waals surface area contributed by atoms with Crippen LogP contribution in [0.5, 0.6) is 0 Å². The number of benzene rings is 1. The minimum absolute atomic E-state index is 0.0813. The van der Waals surface area contributed by atoms with Gasteiger partial charge in [0.2, 0.25) is 0 Å². The molecule has 0 unspecified atom stereocenters. The van der Waals surface area contributed by atoms with Gasteiger partial charge in [0.1, 0.15) is 5.58 Å². The lowest BCUT2D eigenvalue weighted by atomic mass is 9.86. The zero-order valence-electron chi connectivity index (χ0n) is 18.1. The first-order valence-corrected chi connectivity index (χ1v) is 10.6.